The smallest absolute Gasteiger partial charge is 0.0257 e. The first-order valence-corrected chi connectivity index (χ1v) is 8.72. The molecule has 0 N–H and O–H groups in total. The Bertz CT molecular complexity index is 461. The summed E-state index contributed by atoms with van der Waals surface area (Å²) in [6.07, 6.45) is 9.31. The van der Waals surface area contributed by atoms with E-state index in [0.29, 0.717) is 6.04 Å². The van der Waals surface area contributed by atoms with Gasteiger partial charge in [-0.05, 0) is 88.8 Å². The van der Waals surface area contributed by atoms with Gasteiger partial charge in [0.15, 0.2) is 0 Å². The lowest BCUT2D eigenvalue weighted by atomic mass is 9.89. The Balaban J connectivity index is 1.67. The number of fused-ring (bicyclic) bond motifs is 1. The number of rotatable bonds is 5. The lowest BCUT2D eigenvalue weighted by Gasteiger charge is -2.29. The van der Waals surface area contributed by atoms with Gasteiger partial charge in [-0.15, -0.1) is 0 Å². The number of hydrogen-bond acceptors (Lipinski definition) is 2. The van der Waals surface area contributed by atoms with Crippen molar-refractivity contribution in [3.63, 3.8) is 0 Å². The second-order valence-corrected chi connectivity index (χ2v) is 7.14. The molecule has 2 heteroatoms. The predicted octanol–water partition coefficient (Wildman–Crippen LogP) is 3.13. The van der Waals surface area contributed by atoms with Gasteiger partial charge in [-0.25, -0.2) is 0 Å². The van der Waals surface area contributed by atoms with E-state index in [-0.39, 0.29) is 0 Å². The van der Waals surface area contributed by atoms with Crippen molar-refractivity contribution in [2.24, 2.45) is 0 Å². The summed E-state index contributed by atoms with van der Waals surface area (Å²) in [6.45, 7) is 3.83. The third-order valence-electron chi connectivity index (χ3n) is 5.28. The van der Waals surface area contributed by atoms with Crippen LogP contribution in [0.15, 0.2) is 18.2 Å². The molecule has 0 bridgehead atoms. The van der Waals surface area contributed by atoms with Gasteiger partial charge in [-0.2, -0.15) is 0 Å². The highest BCUT2D eigenvalue weighted by molar-refractivity contribution is 5.34. The average molecular weight is 286 g/mol. The Morgan fingerprint density at radius 3 is 2.43 bits per heavy atom. The monoisotopic (exact) mass is 286 g/mol. The third kappa shape index (κ3) is 3.87. The minimum Gasteiger partial charge on any atom is -0.305 e. The molecule has 1 saturated heterocycles. The maximum Gasteiger partial charge on any atom is 0.0257 e. The maximum atomic E-state index is 2.64. The van der Waals surface area contributed by atoms with Crippen LogP contribution in [0.25, 0.3) is 0 Å². The van der Waals surface area contributed by atoms with Gasteiger partial charge in [0.2, 0.25) is 0 Å². The van der Waals surface area contributed by atoms with Crippen molar-refractivity contribution >= 4 is 0 Å². The molecule has 21 heavy (non-hydrogen) atoms. The van der Waals surface area contributed by atoms with Gasteiger partial charge in [0.1, 0.15) is 0 Å². The van der Waals surface area contributed by atoms with Gasteiger partial charge in [-0.3, -0.25) is 0 Å². The number of likely N-dealkylation sites (N-methyl/N-ethyl adjacent to an activating group) is 1. The largest absolute Gasteiger partial charge is 0.305 e. The topological polar surface area (TPSA) is 6.48 Å². The van der Waals surface area contributed by atoms with E-state index >= 15 is 0 Å². The Kier molecular flexibility index (Phi) is 4.97. The summed E-state index contributed by atoms with van der Waals surface area (Å²) in [7, 11) is 4.47. The van der Waals surface area contributed by atoms with E-state index in [1.807, 2.05) is 0 Å². The van der Waals surface area contributed by atoms with E-state index in [1.54, 1.807) is 11.1 Å². The van der Waals surface area contributed by atoms with Gasteiger partial charge in [-0.1, -0.05) is 18.2 Å². The van der Waals surface area contributed by atoms with Crippen LogP contribution >= 0.6 is 0 Å². The second kappa shape index (κ2) is 6.93. The van der Waals surface area contributed by atoms with Gasteiger partial charge in [0.25, 0.3) is 0 Å². The van der Waals surface area contributed by atoms with Crippen LogP contribution < -0.4 is 0 Å². The normalized spacial score (nSPS) is 20.7. The summed E-state index contributed by atoms with van der Waals surface area (Å²) in [5.74, 6) is 0. The molecule has 116 valence electrons. The Hall–Kier alpha value is -0.860. The Labute approximate surface area is 130 Å². The molecule has 2 aliphatic rings. The van der Waals surface area contributed by atoms with Crippen LogP contribution in [0.4, 0.5) is 0 Å². The second-order valence-electron chi connectivity index (χ2n) is 7.14. The molecule has 0 spiro atoms. The van der Waals surface area contributed by atoms with E-state index in [9.17, 15) is 0 Å². The Morgan fingerprint density at radius 1 is 1.00 bits per heavy atom. The molecule has 1 aliphatic heterocycles. The zero-order chi connectivity index (χ0) is 14.7. The van der Waals surface area contributed by atoms with Crippen molar-refractivity contribution in [3.8, 4) is 0 Å². The molecule has 1 heterocycles. The van der Waals surface area contributed by atoms with Crippen molar-refractivity contribution in [1.82, 2.24) is 9.80 Å². The van der Waals surface area contributed by atoms with Crippen LogP contribution in [0, 0.1) is 0 Å². The van der Waals surface area contributed by atoms with E-state index in [1.165, 1.54) is 70.1 Å². The molecule has 1 aliphatic carbocycles. The molecule has 0 aromatic heterocycles. The first kappa shape index (κ1) is 15.1. The number of likely N-dealkylation sites (tertiary alicyclic amines) is 1. The van der Waals surface area contributed by atoms with Crippen LogP contribution in [0.2, 0.25) is 0 Å². The van der Waals surface area contributed by atoms with Crippen LogP contribution in [-0.4, -0.2) is 49.6 Å². The average Bonchev–Trinajstić information content (AvgIpc) is 2.99. The highest BCUT2D eigenvalue weighted by atomic mass is 15.2. The fraction of sp³-hybridized carbons (Fsp3) is 0.684. The number of nitrogens with zero attached hydrogens (tertiary/aromatic N) is 2. The summed E-state index contributed by atoms with van der Waals surface area (Å²) in [5, 5.41) is 0. The van der Waals surface area contributed by atoms with Crippen LogP contribution in [0.3, 0.4) is 0 Å². The van der Waals surface area contributed by atoms with Crippen molar-refractivity contribution in [2.45, 2.75) is 51.0 Å². The molecule has 0 radical (unpaired) electrons. The summed E-state index contributed by atoms with van der Waals surface area (Å²) in [6, 6.07) is 7.91. The minimum absolute atomic E-state index is 0.643. The first-order chi connectivity index (χ1) is 10.2. The maximum absolute atomic E-state index is 2.64. The lowest BCUT2D eigenvalue weighted by Crippen LogP contribution is -2.40. The van der Waals surface area contributed by atoms with Gasteiger partial charge in [0, 0.05) is 12.6 Å². The standard InChI is InChI=1S/C19H30N2/c1-20(2)19(15-21-11-5-6-12-21)14-16-9-10-17-7-3-4-8-18(17)13-16/h9-10,13,19H,3-8,11-12,14-15H2,1-2H3. The summed E-state index contributed by atoms with van der Waals surface area (Å²) < 4.78 is 0. The molecule has 1 unspecified atom stereocenters. The van der Waals surface area contributed by atoms with E-state index in [4.69, 9.17) is 0 Å². The van der Waals surface area contributed by atoms with E-state index in [2.05, 4.69) is 42.1 Å². The minimum atomic E-state index is 0.643. The molecule has 2 nitrogen and oxygen atoms in total. The highest BCUT2D eigenvalue weighted by Crippen LogP contribution is 2.23. The predicted molar refractivity (Wildman–Crippen MR) is 89.9 cm³/mol. The van der Waals surface area contributed by atoms with Crippen LogP contribution in [0.5, 0.6) is 0 Å². The SMILES string of the molecule is CN(C)C(Cc1ccc2c(c1)CCCC2)CN1CCCC1. The van der Waals surface area contributed by atoms with Gasteiger partial charge in [0.05, 0.1) is 0 Å². The molecule has 1 aromatic rings. The number of aryl methyl sites for hydroxylation is 2. The molecule has 0 amide bonds. The molecule has 1 aromatic carbocycles. The van der Waals surface area contributed by atoms with Crippen molar-refractivity contribution < 1.29 is 0 Å². The molecular formula is C19H30N2. The molecule has 1 fully saturated rings. The lowest BCUT2D eigenvalue weighted by molar-refractivity contribution is 0.206. The van der Waals surface area contributed by atoms with E-state index in [0.717, 1.165) is 0 Å². The molecular weight excluding hydrogens is 256 g/mol. The fourth-order valence-corrected chi connectivity index (χ4v) is 3.86. The molecule has 0 saturated carbocycles. The van der Waals surface area contributed by atoms with Crippen LogP contribution in [0.1, 0.15) is 42.4 Å². The van der Waals surface area contributed by atoms with Crippen molar-refractivity contribution in [3.05, 3.63) is 34.9 Å². The molecule has 3 rings (SSSR count). The summed E-state index contributed by atoms with van der Waals surface area (Å²) in [5.41, 5.74) is 4.76. The number of hydrogen-bond donors (Lipinski definition) is 0. The fourth-order valence-electron chi connectivity index (χ4n) is 3.86. The summed E-state index contributed by atoms with van der Waals surface area (Å²) in [4.78, 5) is 5.06. The number of benzene rings is 1. The zero-order valence-corrected chi connectivity index (χ0v) is 13.8. The van der Waals surface area contributed by atoms with Gasteiger partial charge >= 0.3 is 0 Å². The third-order valence-corrected chi connectivity index (χ3v) is 5.28. The van der Waals surface area contributed by atoms with E-state index < -0.39 is 0 Å². The van der Waals surface area contributed by atoms with Crippen molar-refractivity contribution in [1.29, 1.82) is 0 Å². The zero-order valence-electron chi connectivity index (χ0n) is 13.8. The van der Waals surface area contributed by atoms with Crippen molar-refractivity contribution in [2.75, 3.05) is 33.7 Å². The summed E-state index contributed by atoms with van der Waals surface area (Å²) >= 11 is 0. The van der Waals surface area contributed by atoms with Gasteiger partial charge < -0.3 is 9.80 Å². The molecule has 1 atom stereocenters. The highest BCUT2D eigenvalue weighted by Gasteiger charge is 2.20. The quantitative estimate of drug-likeness (QED) is 0.820. The van der Waals surface area contributed by atoms with Crippen LogP contribution in [-0.2, 0) is 19.3 Å². The first-order valence-electron chi connectivity index (χ1n) is 8.72. The Morgan fingerprint density at radius 2 is 1.71 bits per heavy atom.